The van der Waals surface area contributed by atoms with Crippen molar-refractivity contribution in [2.45, 2.75) is 103 Å². The average Bonchev–Trinajstić information content (AvgIpc) is 2.50. The lowest BCUT2D eigenvalue weighted by Crippen LogP contribution is -2.23. The lowest BCUT2D eigenvalue weighted by Gasteiger charge is -2.03. The summed E-state index contributed by atoms with van der Waals surface area (Å²) in [5, 5.41) is 0. The minimum absolute atomic E-state index is 0.163. The van der Waals surface area contributed by atoms with E-state index in [1.807, 2.05) is 0 Å². The van der Waals surface area contributed by atoms with Gasteiger partial charge in [-0.2, -0.15) is 8.42 Å². The van der Waals surface area contributed by atoms with Gasteiger partial charge >= 0.3 is 0 Å². The van der Waals surface area contributed by atoms with Crippen molar-refractivity contribution < 1.29 is 13.2 Å². The summed E-state index contributed by atoms with van der Waals surface area (Å²) < 4.78 is 21.5. The molecule has 2 N–H and O–H groups in total. The number of primary amides is 1. The van der Waals surface area contributed by atoms with E-state index in [0.29, 0.717) is 0 Å². The predicted octanol–water partition coefficient (Wildman–Crippen LogP) is 4.39. The van der Waals surface area contributed by atoms with Crippen molar-refractivity contribution in [2.75, 3.05) is 0 Å². The molecule has 0 saturated carbocycles. The fraction of sp³-hybridized carbons (Fsp3) is 0.889. The fourth-order valence-corrected chi connectivity index (χ4v) is 3.24. The molecule has 136 valence electrons. The van der Waals surface area contributed by atoms with Gasteiger partial charge in [-0.05, 0) is 12.8 Å². The second kappa shape index (κ2) is 16.0. The van der Waals surface area contributed by atoms with Crippen LogP contribution in [0.15, 0.2) is 0 Å². The Bertz CT molecular complexity index is 422. The lowest BCUT2D eigenvalue weighted by atomic mass is 10.0. The van der Waals surface area contributed by atoms with Crippen LogP contribution in [0.25, 0.3) is 0 Å². The van der Waals surface area contributed by atoms with Crippen LogP contribution in [0.2, 0.25) is 0 Å². The van der Waals surface area contributed by atoms with E-state index in [4.69, 9.17) is 5.73 Å². The van der Waals surface area contributed by atoms with Gasteiger partial charge in [0.2, 0.25) is 10.3 Å². The summed E-state index contributed by atoms with van der Waals surface area (Å²) in [6.45, 7) is 2.25. The highest BCUT2D eigenvalue weighted by Gasteiger charge is 2.08. The Morgan fingerprint density at radius 1 is 0.696 bits per heavy atom. The molecule has 0 aliphatic rings. The van der Waals surface area contributed by atoms with Crippen LogP contribution in [0.5, 0.6) is 0 Å². The molecule has 0 aromatic carbocycles. The SMILES string of the molecule is CCCCCCCCCCCCCCCCC(C(N)=O)=S(=O)=O. The van der Waals surface area contributed by atoms with E-state index in [9.17, 15) is 13.2 Å². The Balaban J connectivity index is 3.31. The van der Waals surface area contributed by atoms with Gasteiger partial charge in [-0.15, -0.1) is 0 Å². The van der Waals surface area contributed by atoms with Crippen molar-refractivity contribution in [1.82, 2.24) is 0 Å². The first kappa shape index (κ1) is 22.2. The number of carbonyl (C=O) groups excluding carboxylic acids is 1. The molecule has 1 amide bonds. The summed E-state index contributed by atoms with van der Waals surface area (Å²) in [4.78, 5) is 10.7. The number of hydrogen-bond donors (Lipinski definition) is 1. The van der Waals surface area contributed by atoms with E-state index in [1.165, 1.54) is 70.6 Å². The standard InChI is InChI=1S/C18H35NO3S/c1-2-3-4-5-6-7-8-9-10-11-12-13-14-15-16-17(18(19)20)23(21)22/h2-16H2,1H3,(H2,19,20). The number of nitrogens with two attached hydrogens (primary N) is 1. The van der Waals surface area contributed by atoms with Crippen LogP contribution >= 0.6 is 0 Å². The number of carbonyl (C=O) groups is 1. The average molecular weight is 346 g/mol. The van der Waals surface area contributed by atoms with E-state index < -0.39 is 16.2 Å². The second-order valence-corrected chi connectivity index (χ2v) is 7.33. The summed E-state index contributed by atoms with van der Waals surface area (Å²) in [5.74, 6) is -0.812. The number of amides is 1. The van der Waals surface area contributed by atoms with Gasteiger partial charge in [0.25, 0.3) is 5.91 Å². The molecule has 0 aliphatic carbocycles. The van der Waals surface area contributed by atoms with Crippen LogP contribution in [0.4, 0.5) is 0 Å². The molecular weight excluding hydrogens is 310 g/mol. The van der Waals surface area contributed by atoms with E-state index in [1.54, 1.807) is 0 Å². The largest absolute Gasteiger partial charge is 0.365 e. The summed E-state index contributed by atoms with van der Waals surface area (Å²) in [6.07, 6.45) is 17.8. The monoisotopic (exact) mass is 345 g/mol. The van der Waals surface area contributed by atoms with Crippen LogP contribution in [0, 0.1) is 0 Å². The molecule has 0 aromatic rings. The summed E-state index contributed by atoms with van der Waals surface area (Å²) in [6, 6.07) is 0. The van der Waals surface area contributed by atoms with Gasteiger partial charge in [-0.25, -0.2) is 0 Å². The third-order valence-corrected chi connectivity index (χ3v) is 5.04. The smallest absolute Gasteiger partial charge is 0.260 e. The summed E-state index contributed by atoms with van der Waals surface area (Å²) >= 11 is 0. The van der Waals surface area contributed by atoms with Gasteiger partial charge < -0.3 is 5.73 Å². The van der Waals surface area contributed by atoms with Gasteiger partial charge in [0.05, 0.1) is 0 Å². The second-order valence-electron chi connectivity index (χ2n) is 6.37. The maximum atomic E-state index is 10.9. The first-order chi connectivity index (χ1) is 11.1. The van der Waals surface area contributed by atoms with Crippen molar-refractivity contribution in [3.8, 4) is 0 Å². The third kappa shape index (κ3) is 14.5. The maximum absolute atomic E-state index is 10.9. The molecule has 0 fully saturated rings. The molecule has 0 aromatic heterocycles. The molecule has 0 saturated heterocycles. The van der Waals surface area contributed by atoms with Crippen LogP contribution < -0.4 is 5.73 Å². The Hall–Kier alpha value is -0.840. The first-order valence-electron chi connectivity index (χ1n) is 9.34. The molecule has 0 heterocycles. The van der Waals surface area contributed by atoms with E-state index >= 15 is 0 Å². The zero-order valence-corrected chi connectivity index (χ0v) is 15.6. The molecule has 0 bridgehead atoms. The van der Waals surface area contributed by atoms with Crippen molar-refractivity contribution in [2.24, 2.45) is 5.73 Å². The molecule has 0 radical (unpaired) electrons. The molecule has 0 unspecified atom stereocenters. The summed E-state index contributed by atoms with van der Waals surface area (Å²) in [7, 11) is -2.46. The minimum Gasteiger partial charge on any atom is -0.365 e. The normalized spacial score (nSPS) is 10.7. The van der Waals surface area contributed by atoms with Crippen LogP contribution in [-0.4, -0.2) is 19.2 Å². The lowest BCUT2D eigenvalue weighted by molar-refractivity contribution is -0.111. The van der Waals surface area contributed by atoms with E-state index in [0.717, 1.165) is 19.3 Å². The Morgan fingerprint density at radius 3 is 1.35 bits per heavy atom. The highest BCUT2D eigenvalue weighted by atomic mass is 32.2. The van der Waals surface area contributed by atoms with Crippen LogP contribution in [-0.2, 0) is 15.1 Å². The number of unbranched alkanes of at least 4 members (excludes halogenated alkanes) is 13. The van der Waals surface area contributed by atoms with Gasteiger partial charge in [0.15, 0.2) is 0 Å². The topological polar surface area (TPSA) is 77.2 Å². The summed E-state index contributed by atoms with van der Waals surface area (Å²) in [5.41, 5.74) is 5.02. The minimum atomic E-state index is -2.46. The Morgan fingerprint density at radius 2 is 1.04 bits per heavy atom. The molecule has 0 atom stereocenters. The van der Waals surface area contributed by atoms with E-state index in [-0.39, 0.29) is 11.3 Å². The van der Waals surface area contributed by atoms with Crippen molar-refractivity contribution >= 4 is 21.1 Å². The molecule has 0 rings (SSSR count). The van der Waals surface area contributed by atoms with Crippen molar-refractivity contribution in [3.63, 3.8) is 0 Å². The molecule has 0 aliphatic heterocycles. The van der Waals surface area contributed by atoms with Gasteiger partial charge in [-0.3, -0.25) is 4.79 Å². The molecule has 0 spiro atoms. The third-order valence-electron chi connectivity index (χ3n) is 4.23. The zero-order chi connectivity index (χ0) is 17.3. The maximum Gasteiger partial charge on any atom is 0.260 e. The fourth-order valence-electron chi connectivity index (χ4n) is 2.77. The van der Waals surface area contributed by atoms with Gasteiger partial charge in [0, 0.05) is 0 Å². The number of rotatable bonds is 16. The van der Waals surface area contributed by atoms with Crippen LogP contribution in [0.1, 0.15) is 103 Å². The number of hydrogen-bond acceptors (Lipinski definition) is 3. The first-order valence-corrected chi connectivity index (χ1v) is 10.4. The molecular formula is C18H35NO3S. The Labute approximate surface area is 143 Å². The quantitative estimate of drug-likeness (QED) is 0.333. The molecule has 23 heavy (non-hydrogen) atoms. The van der Waals surface area contributed by atoms with Gasteiger partial charge in [-0.1, -0.05) is 90.4 Å². The van der Waals surface area contributed by atoms with Crippen molar-refractivity contribution in [1.29, 1.82) is 0 Å². The van der Waals surface area contributed by atoms with E-state index in [2.05, 4.69) is 6.92 Å². The van der Waals surface area contributed by atoms with Gasteiger partial charge in [0.1, 0.15) is 4.86 Å². The Kier molecular flexibility index (Phi) is 15.4. The predicted molar refractivity (Wildman–Crippen MR) is 98.1 cm³/mol. The zero-order valence-electron chi connectivity index (χ0n) is 14.8. The molecule has 4 nitrogen and oxygen atoms in total. The highest BCUT2D eigenvalue weighted by Crippen LogP contribution is 2.13. The van der Waals surface area contributed by atoms with Crippen LogP contribution in [0.3, 0.4) is 0 Å². The van der Waals surface area contributed by atoms with Crippen molar-refractivity contribution in [3.05, 3.63) is 0 Å². The highest BCUT2D eigenvalue weighted by molar-refractivity contribution is 7.74. The molecule has 5 heteroatoms.